The first-order valence-electron chi connectivity index (χ1n) is 11.9. The fraction of sp³-hybridized carbons (Fsp3) is 0.407. The molecule has 1 heterocycles. The van der Waals surface area contributed by atoms with E-state index in [2.05, 4.69) is 11.1 Å². The van der Waals surface area contributed by atoms with Crippen molar-refractivity contribution in [1.82, 2.24) is 14.8 Å². The van der Waals surface area contributed by atoms with Crippen LogP contribution in [0.2, 0.25) is 0 Å². The molecule has 0 aliphatic heterocycles. The highest BCUT2D eigenvalue weighted by Crippen LogP contribution is 2.28. The number of hydrogen-bond acceptors (Lipinski definition) is 3. The van der Waals surface area contributed by atoms with Gasteiger partial charge in [0.15, 0.2) is 0 Å². The fourth-order valence-corrected chi connectivity index (χ4v) is 4.34. The van der Waals surface area contributed by atoms with Crippen LogP contribution in [0, 0.1) is 11.7 Å². The van der Waals surface area contributed by atoms with Crippen molar-refractivity contribution >= 4 is 22.7 Å². The highest BCUT2D eigenvalue weighted by atomic mass is 19.1. The molecule has 4 rings (SSSR count). The largest absolute Gasteiger partial charge is 0.383 e. The lowest BCUT2D eigenvalue weighted by Gasteiger charge is -2.33. The maximum atomic E-state index is 13.5. The van der Waals surface area contributed by atoms with Gasteiger partial charge in [-0.1, -0.05) is 36.8 Å². The van der Waals surface area contributed by atoms with Crippen molar-refractivity contribution in [1.29, 1.82) is 0 Å². The maximum absolute atomic E-state index is 13.5. The third-order valence-corrected chi connectivity index (χ3v) is 6.62. The van der Waals surface area contributed by atoms with Crippen LogP contribution in [-0.2, 0) is 27.3 Å². The summed E-state index contributed by atoms with van der Waals surface area (Å²) in [6, 6.07) is 14.3. The van der Waals surface area contributed by atoms with Gasteiger partial charge in [-0.2, -0.15) is 0 Å². The molecule has 180 valence electrons. The van der Waals surface area contributed by atoms with Gasteiger partial charge in [0.1, 0.15) is 5.82 Å². The van der Waals surface area contributed by atoms with E-state index in [1.165, 1.54) is 12.1 Å². The number of nitrogens with zero attached hydrogens (tertiary/aromatic N) is 2. The Labute approximate surface area is 199 Å². The average Bonchev–Trinajstić information content (AvgIpc) is 3.22. The summed E-state index contributed by atoms with van der Waals surface area (Å²) in [5.41, 5.74) is 3.04. The number of benzene rings is 2. The van der Waals surface area contributed by atoms with Crippen LogP contribution >= 0.6 is 0 Å². The summed E-state index contributed by atoms with van der Waals surface area (Å²) in [7, 11) is 1.59. The third kappa shape index (κ3) is 5.83. The van der Waals surface area contributed by atoms with Crippen LogP contribution in [0.4, 0.5) is 4.39 Å². The summed E-state index contributed by atoms with van der Waals surface area (Å²) >= 11 is 0. The Kier molecular flexibility index (Phi) is 7.95. The van der Waals surface area contributed by atoms with Crippen molar-refractivity contribution < 1.29 is 18.7 Å². The first-order chi connectivity index (χ1) is 16.5. The van der Waals surface area contributed by atoms with E-state index >= 15 is 0 Å². The molecule has 2 amide bonds. The van der Waals surface area contributed by atoms with E-state index < -0.39 is 0 Å². The number of amides is 2. The fourth-order valence-electron chi connectivity index (χ4n) is 4.34. The van der Waals surface area contributed by atoms with Crippen molar-refractivity contribution in [3.05, 3.63) is 71.7 Å². The SMILES string of the molecule is COCCN(CC(=O)N(CCc1c[nH]c2ccccc12)Cc1ccc(F)cc1)C(=O)C1CCC1. The number of hydrogen-bond donors (Lipinski definition) is 1. The number of H-pyrrole nitrogens is 1. The lowest BCUT2D eigenvalue weighted by molar-refractivity contribution is -0.145. The predicted molar refractivity (Wildman–Crippen MR) is 130 cm³/mol. The quantitative estimate of drug-likeness (QED) is 0.463. The van der Waals surface area contributed by atoms with Gasteiger partial charge in [-0.25, -0.2) is 4.39 Å². The van der Waals surface area contributed by atoms with Crippen LogP contribution in [0.15, 0.2) is 54.7 Å². The van der Waals surface area contributed by atoms with Crippen LogP contribution < -0.4 is 0 Å². The standard InChI is InChI=1S/C27H32FN3O3/c1-34-16-15-31(27(33)21-5-4-6-21)19-26(32)30(18-20-9-11-23(28)12-10-20)14-13-22-17-29-25-8-3-2-7-24(22)25/h2-3,7-12,17,21,29H,4-6,13-16,18-19H2,1H3. The van der Waals surface area contributed by atoms with Gasteiger partial charge in [0, 0.05) is 49.8 Å². The molecule has 1 aromatic heterocycles. The Bertz CT molecular complexity index is 1110. The van der Waals surface area contributed by atoms with Crippen molar-refractivity contribution in [2.75, 3.05) is 33.4 Å². The van der Waals surface area contributed by atoms with Crippen molar-refractivity contribution in [3.8, 4) is 0 Å². The molecular formula is C27H32FN3O3. The average molecular weight is 466 g/mol. The zero-order chi connectivity index (χ0) is 23.9. The normalized spacial score (nSPS) is 13.6. The number of para-hydroxylation sites is 1. The number of halogens is 1. The van der Waals surface area contributed by atoms with Crippen LogP contribution in [0.3, 0.4) is 0 Å². The molecule has 0 radical (unpaired) electrons. The number of aromatic nitrogens is 1. The molecule has 3 aromatic rings. The maximum Gasteiger partial charge on any atom is 0.242 e. The van der Waals surface area contributed by atoms with E-state index in [0.29, 0.717) is 32.7 Å². The van der Waals surface area contributed by atoms with Crippen molar-refractivity contribution in [2.45, 2.75) is 32.2 Å². The number of carbonyl (C=O) groups excluding carboxylic acids is 2. The summed E-state index contributed by atoms with van der Waals surface area (Å²) < 4.78 is 18.6. The van der Waals surface area contributed by atoms with Gasteiger partial charge in [0.05, 0.1) is 13.2 Å². The molecule has 34 heavy (non-hydrogen) atoms. The van der Waals surface area contributed by atoms with Gasteiger partial charge in [-0.05, 0) is 48.6 Å². The molecule has 1 N–H and O–H groups in total. The van der Waals surface area contributed by atoms with E-state index in [0.717, 1.165) is 41.3 Å². The zero-order valence-corrected chi connectivity index (χ0v) is 19.6. The third-order valence-electron chi connectivity index (χ3n) is 6.62. The molecule has 7 heteroatoms. The molecular weight excluding hydrogens is 433 g/mol. The van der Waals surface area contributed by atoms with Crippen LogP contribution in [0.1, 0.15) is 30.4 Å². The van der Waals surface area contributed by atoms with Gasteiger partial charge in [0.25, 0.3) is 0 Å². The van der Waals surface area contributed by atoms with Crippen LogP contribution in [0.5, 0.6) is 0 Å². The van der Waals surface area contributed by atoms with E-state index in [1.807, 2.05) is 24.4 Å². The monoisotopic (exact) mass is 465 g/mol. The van der Waals surface area contributed by atoms with E-state index in [-0.39, 0.29) is 30.1 Å². The molecule has 0 saturated heterocycles. The first-order valence-corrected chi connectivity index (χ1v) is 11.9. The van der Waals surface area contributed by atoms with Gasteiger partial charge in [-0.15, -0.1) is 0 Å². The van der Waals surface area contributed by atoms with E-state index in [9.17, 15) is 14.0 Å². The summed E-state index contributed by atoms with van der Waals surface area (Å²) in [4.78, 5) is 33.1. The smallest absolute Gasteiger partial charge is 0.242 e. The lowest BCUT2D eigenvalue weighted by Crippen LogP contribution is -2.47. The first kappa shape index (κ1) is 24.0. The number of carbonyl (C=O) groups is 2. The second kappa shape index (κ2) is 11.3. The number of rotatable bonds is 11. The van der Waals surface area contributed by atoms with Crippen molar-refractivity contribution in [2.24, 2.45) is 5.92 Å². The zero-order valence-electron chi connectivity index (χ0n) is 19.6. The minimum absolute atomic E-state index is 0.0152. The minimum Gasteiger partial charge on any atom is -0.383 e. The Balaban J connectivity index is 1.49. The predicted octanol–water partition coefficient (Wildman–Crippen LogP) is 4.15. The highest BCUT2D eigenvalue weighted by Gasteiger charge is 2.31. The van der Waals surface area contributed by atoms with Crippen LogP contribution in [-0.4, -0.2) is 59.9 Å². The highest BCUT2D eigenvalue weighted by molar-refractivity contribution is 5.86. The summed E-state index contributed by atoms with van der Waals surface area (Å²) in [5.74, 6) is -0.373. The molecule has 0 atom stereocenters. The molecule has 1 fully saturated rings. The minimum atomic E-state index is -0.308. The van der Waals surface area contributed by atoms with Crippen molar-refractivity contribution in [3.63, 3.8) is 0 Å². The molecule has 6 nitrogen and oxygen atoms in total. The molecule has 0 unspecified atom stereocenters. The Morgan fingerprint density at radius 1 is 1.06 bits per heavy atom. The van der Waals surface area contributed by atoms with E-state index in [1.54, 1.807) is 29.0 Å². The molecule has 1 saturated carbocycles. The Morgan fingerprint density at radius 2 is 1.82 bits per heavy atom. The van der Waals surface area contributed by atoms with Gasteiger partial charge < -0.3 is 19.5 Å². The number of fused-ring (bicyclic) bond motifs is 1. The molecule has 1 aliphatic carbocycles. The Morgan fingerprint density at radius 3 is 2.53 bits per heavy atom. The Hall–Kier alpha value is -3.19. The summed E-state index contributed by atoms with van der Waals surface area (Å²) in [6.07, 6.45) is 5.48. The summed E-state index contributed by atoms with van der Waals surface area (Å²) in [5, 5.41) is 1.14. The number of aromatic amines is 1. The van der Waals surface area contributed by atoms with Crippen LogP contribution in [0.25, 0.3) is 10.9 Å². The molecule has 0 spiro atoms. The van der Waals surface area contributed by atoms with E-state index in [4.69, 9.17) is 4.74 Å². The summed E-state index contributed by atoms with van der Waals surface area (Å²) in [6.45, 7) is 1.65. The topological polar surface area (TPSA) is 65.6 Å². The van der Waals surface area contributed by atoms with Gasteiger partial charge in [-0.3, -0.25) is 9.59 Å². The molecule has 0 bridgehead atoms. The molecule has 1 aliphatic rings. The van der Waals surface area contributed by atoms with Gasteiger partial charge in [0.2, 0.25) is 11.8 Å². The number of methoxy groups -OCH3 is 1. The number of ether oxygens (including phenoxy) is 1. The second-order valence-electron chi connectivity index (χ2n) is 8.93. The molecule has 2 aromatic carbocycles. The lowest BCUT2D eigenvalue weighted by atomic mass is 9.84. The second-order valence-corrected chi connectivity index (χ2v) is 8.93. The van der Waals surface area contributed by atoms with Gasteiger partial charge >= 0.3 is 0 Å². The number of nitrogens with one attached hydrogen (secondary N) is 1.